The molecule has 0 spiro atoms. The van der Waals surface area contributed by atoms with E-state index in [0.29, 0.717) is 43.8 Å². The highest BCUT2D eigenvalue weighted by Gasteiger charge is 2.36. The van der Waals surface area contributed by atoms with E-state index in [2.05, 4.69) is 35.9 Å². The Labute approximate surface area is 207 Å². The maximum atomic E-state index is 13.8. The van der Waals surface area contributed by atoms with E-state index in [4.69, 9.17) is 0 Å². The minimum atomic E-state index is -4.63. The summed E-state index contributed by atoms with van der Waals surface area (Å²) in [5, 5.41) is 10.0. The molecule has 2 fully saturated rings. The first-order valence-electron chi connectivity index (χ1n) is 12.3. The topological polar surface area (TPSA) is 111 Å². The van der Waals surface area contributed by atoms with E-state index in [1.807, 2.05) is 13.8 Å². The van der Waals surface area contributed by atoms with Gasteiger partial charge in [-0.3, -0.25) is 4.79 Å². The fraction of sp³-hybridized carbons (Fsp3) is 0.500. The molecule has 0 radical (unpaired) electrons. The molecule has 4 N–H and O–H groups in total. The van der Waals surface area contributed by atoms with Gasteiger partial charge in [-0.15, -0.1) is 0 Å². The lowest BCUT2D eigenvalue weighted by atomic mass is 10.1. The fourth-order valence-electron chi connectivity index (χ4n) is 4.37. The highest BCUT2D eigenvalue weighted by Crippen LogP contribution is 2.38. The highest BCUT2D eigenvalue weighted by molar-refractivity contribution is 5.98. The smallest absolute Gasteiger partial charge is 0.350 e. The zero-order chi connectivity index (χ0) is 25.7. The molecule has 2 aliphatic rings. The fourth-order valence-corrected chi connectivity index (χ4v) is 4.37. The summed E-state index contributed by atoms with van der Waals surface area (Å²) in [4.78, 5) is 30.0. The Hall–Kier alpha value is -3.25. The van der Waals surface area contributed by atoms with Crippen LogP contribution in [0.3, 0.4) is 0 Å². The van der Waals surface area contributed by atoms with E-state index in [-0.39, 0.29) is 34.8 Å². The number of amides is 1. The van der Waals surface area contributed by atoms with Gasteiger partial charge in [-0.05, 0) is 31.5 Å². The number of piperazine rings is 1. The summed E-state index contributed by atoms with van der Waals surface area (Å²) < 4.78 is 41.4. The lowest BCUT2D eigenvalue weighted by molar-refractivity contribution is -0.137. The maximum absolute atomic E-state index is 13.8. The summed E-state index contributed by atoms with van der Waals surface area (Å²) in [6, 6.07) is 3.21. The standard InChI is InChI=1S/C22H25F3N8O.C2H6/c23-22(24,25)16-12-29-21(30-13-2-1-5-27-10-13)32-18(16)15-11-28-19-14(15)3-4-17(31-19)20(34)33-8-6-26-7-9-33;1-2/h3-4,11-13,26-27H,1-2,5-10H2,(H,28,31)(H,29,30,32);1-2H3. The first kappa shape index (κ1) is 25.8. The van der Waals surface area contributed by atoms with E-state index in [9.17, 15) is 18.0 Å². The van der Waals surface area contributed by atoms with Gasteiger partial charge in [-0.25, -0.2) is 15.0 Å². The maximum Gasteiger partial charge on any atom is 0.419 e. The second-order valence-corrected chi connectivity index (χ2v) is 8.48. The van der Waals surface area contributed by atoms with Gasteiger partial charge in [0.2, 0.25) is 5.95 Å². The lowest BCUT2D eigenvalue weighted by Gasteiger charge is -2.27. The molecule has 3 aromatic rings. The van der Waals surface area contributed by atoms with Crippen LogP contribution in [0.4, 0.5) is 19.1 Å². The Balaban J connectivity index is 0.00000148. The number of carbonyl (C=O) groups is 1. The zero-order valence-corrected chi connectivity index (χ0v) is 20.4. The quantitative estimate of drug-likeness (QED) is 0.432. The first-order chi connectivity index (χ1) is 17.4. The van der Waals surface area contributed by atoms with Gasteiger partial charge in [0.15, 0.2) is 0 Å². The number of pyridine rings is 1. The van der Waals surface area contributed by atoms with Crippen LogP contribution < -0.4 is 16.0 Å². The number of nitrogens with one attached hydrogen (secondary N) is 4. The van der Waals surface area contributed by atoms with Crippen molar-refractivity contribution in [3.05, 3.63) is 35.8 Å². The zero-order valence-electron chi connectivity index (χ0n) is 20.4. The summed E-state index contributed by atoms with van der Waals surface area (Å²) in [6.07, 6.45) is -0.521. The summed E-state index contributed by atoms with van der Waals surface area (Å²) in [5.41, 5.74) is -0.338. The van der Waals surface area contributed by atoms with E-state index in [1.54, 1.807) is 17.0 Å². The van der Waals surface area contributed by atoms with Gasteiger partial charge >= 0.3 is 6.18 Å². The number of hydrogen-bond acceptors (Lipinski definition) is 7. The number of halogens is 3. The minimum absolute atomic E-state index is 0.0431. The number of carbonyl (C=O) groups excluding carboxylic acids is 1. The van der Waals surface area contributed by atoms with Crippen molar-refractivity contribution >= 4 is 22.9 Å². The molecule has 2 aliphatic heterocycles. The molecule has 0 aliphatic carbocycles. The summed E-state index contributed by atoms with van der Waals surface area (Å²) >= 11 is 0. The number of H-pyrrole nitrogens is 1. The second kappa shape index (κ2) is 11.2. The average molecular weight is 505 g/mol. The second-order valence-electron chi connectivity index (χ2n) is 8.48. The molecule has 5 heterocycles. The van der Waals surface area contributed by atoms with Crippen molar-refractivity contribution in [3.63, 3.8) is 0 Å². The Morgan fingerprint density at radius 3 is 2.58 bits per heavy atom. The van der Waals surface area contributed by atoms with Crippen LogP contribution in [0.5, 0.6) is 0 Å². The van der Waals surface area contributed by atoms with Crippen LogP contribution in [0.2, 0.25) is 0 Å². The van der Waals surface area contributed by atoms with Gasteiger partial charge in [0.25, 0.3) is 5.91 Å². The Kier molecular flexibility index (Phi) is 8.04. The van der Waals surface area contributed by atoms with Crippen LogP contribution in [0, 0.1) is 0 Å². The van der Waals surface area contributed by atoms with Crippen molar-refractivity contribution in [2.24, 2.45) is 0 Å². The largest absolute Gasteiger partial charge is 0.419 e. The number of alkyl halides is 3. The Bertz CT molecular complexity index is 1180. The van der Waals surface area contributed by atoms with Crippen molar-refractivity contribution in [2.45, 2.75) is 38.9 Å². The van der Waals surface area contributed by atoms with Gasteiger partial charge in [0, 0.05) is 62.1 Å². The third-order valence-electron chi connectivity index (χ3n) is 6.14. The third-order valence-corrected chi connectivity index (χ3v) is 6.14. The molecule has 5 rings (SSSR count). The molecule has 2 saturated heterocycles. The highest BCUT2D eigenvalue weighted by atomic mass is 19.4. The van der Waals surface area contributed by atoms with Crippen molar-refractivity contribution in [1.29, 1.82) is 0 Å². The van der Waals surface area contributed by atoms with E-state index in [0.717, 1.165) is 25.6 Å². The Morgan fingerprint density at radius 2 is 1.89 bits per heavy atom. The predicted octanol–water partition coefficient (Wildman–Crippen LogP) is 3.27. The van der Waals surface area contributed by atoms with Gasteiger partial charge in [0.05, 0.1) is 5.69 Å². The third kappa shape index (κ3) is 5.59. The van der Waals surface area contributed by atoms with Crippen molar-refractivity contribution in [1.82, 2.24) is 35.5 Å². The summed E-state index contributed by atoms with van der Waals surface area (Å²) in [6.45, 7) is 8.19. The SMILES string of the molecule is CC.O=C(c1ccc2c(-c3nc(NC4CCCNC4)ncc3C(F)(F)F)c[nH]c2n1)N1CCNCC1. The Morgan fingerprint density at radius 1 is 1.11 bits per heavy atom. The number of hydrogen-bond donors (Lipinski definition) is 4. The van der Waals surface area contributed by atoms with Crippen LogP contribution in [0.25, 0.3) is 22.3 Å². The van der Waals surface area contributed by atoms with E-state index >= 15 is 0 Å². The number of fused-ring (bicyclic) bond motifs is 1. The molecular weight excluding hydrogens is 473 g/mol. The molecule has 3 aromatic heterocycles. The molecule has 9 nitrogen and oxygen atoms in total. The van der Waals surface area contributed by atoms with E-state index in [1.165, 1.54) is 6.20 Å². The number of rotatable bonds is 4. The van der Waals surface area contributed by atoms with Crippen molar-refractivity contribution < 1.29 is 18.0 Å². The number of piperidine rings is 1. The van der Waals surface area contributed by atoms with Gasteiger partial charge in [-0.2, -0.15) is 13.2 Å². The molecular formula is C24H31F3N8O. The predicted molar refractivity (Wildman–Crippen MR) is 132 cm³/mol. The molecule has 1 amide bonds. The van der Waals surface area contributed by atoms with Gasteiger partial charge < -0.3 is 25.8 Å². The normalized spacial score (nSPS) is 18.5. The molecule has 36 heavy (non-hydrogen) atoms. The molecule has 0 saturated carbocycles. The number of aromatic nitrogens is 4. The van der Waals surface area contributed by atoms with Crippen LogP contribution in [-0.2, 0) is 6.18 Å². The molecule has 12 heteroatoms. The molecule has 194 valence electrons. The number of aromatic amines is 1. The van der Waals surface area contributed by atoms with Gasteiger partial charge in [-0.1, -0.05) is 13.8 Å². The van der Waals surface area contributed by atoms with E-state index < -0.39 is 11.7 Å². The molecule has 1 atom stereocenters. The molecule has 0 aromatic carbocycles. The molecule has 0 bridgehead atoms. The van der Waals surface area contributed by atoms with Crippen LogP contribution >= 0.6 is 0 Å². The van der Waals surface area contributed by atoms with Crippen LogP contribution in [0.15, 0.2) is 24.5 Å². The first-order valence-corrected chi connectivity index (χ1v) is 12.3. The molecule has 1 unspecified atom stereocenters. The average Bonchev–Trinajstić information content (AvgIpc) is 3.33. The summed E-state index contributed by atoms with van der Waals surface area (Å²) in [5.74, 6) is -0.0605. The number of anilines is 1. The van der Waals surface area contributed by atoms with Crippen LogP contribution in [0.1, 0.15) is 42.7 Å². The lowest BCUT2D eigenvalue weighted by Crippen LogP contribution is -2.46. The van der Waals surface area contributed by atoms with Crippen LogP contribution in [-0.4, -0.2) is 76.1 Å². The van der Waals surface area contributed by atoms with Crippen molar-refractivity contribution in [2.75, 3.05) is 44.6 Å². The van der Waals surface area contributed by atoms with Gasteiger partial charge in [0.1, 0.15) is 16.9 Å². The minimum Gasteiger partial charge on any atom is -0.350 e. The van der Waals surface area contributed by atoms with Crippen molar-refractivity contribution in [3.8, 4) is 11.3 Å². The number of nitrogens with zero attached hydrogens (tertiary/aromatic N) is 4. The summed E-state index contributed by atoms with van der Waals surface area (Å²) in [7, 11) is 0. The monoisotopic (exact) mass is 504 g/mol.